The molecule has 1 aliphatic carbocycles. The summed E-state index contributed by atoms with van der Waals surface area (Å²) >= 11 is 0. The molecule has 2 aliphatic rings. The van der Waals surface area contributed by atoms with E-state index < -0.39 is 5.60 Å². The molecular formula is C30H24O. The summed E-state index contributed by atoms with van der Waals surface area (Å²) in [5, 5.41) is 0. The molecule has 150 valence electrons. The lowest BCUT2D eigenvalue weighted by molar-refractivity contribution is 0.136. The molecule has 3 unspecified atom stereocenters. The second-order valence-electron chi connectivity index (χ2n) is 8.66. The van der Waals surface area contributed by atoms with Crippen LogP contribution in [0.3, 0.4) is 0 Å². The van der Waals surface area contributed by atoms with Gasteiger partial charge in [-0.25, -0.2) is 0 Å². The average molecular weight is 401 g/mol. The molecule has 6 rings (SSSR count). The summed E-state index contributed by atoms with van der Waals surface area (Å²) in [6, 6.07) is 41.0. The predicted octanol–water partition coefficient (Wildman–Crippen LogP) is 7.00. The standard InChI is InChI=1S/C30H24O/c1-22-17-19-24(20-18-22)28-29(25-13-7-3-8-14-25)21-27(23-11-5-2-6-12-23)31-30(28,29)26-15-9-4-10-16-26/h2-21,28H,1H3. The van der Waals surface area contributed by atoms with E-state index >= 15 is 0 Å². The second kappa shape index (κ2) is 6.72. The average Bonchev–Trinajstić information content (AvgIpc) is 3.26. The smallest absolute Gasteiger partial charge is 0.156 e. The molecule has 1 aliphatic heterocycles. The van der Waals surface area contributed by atoms with E-state index in [2.05, 4.69) is 128 Å². The zero-order valence-electron chi connectivity index (χ0n) is 17.5. The van der Waals surface area contributed by atoms with Crippen molar-refractivity contribution < 1.29 is 4.74 Å². The van der Waals surface area contributed by atoms with Gasteiger partial charge in [-0.15, -0.1) is 0 Å². The van der Waals surface area contributed by atoms with Gasteiger partial charge in [-0.1, -0.05) is 121 Å². The van der Waals surface area contributed by atoms with E-state index in [4.69, 9.17) is 4.74 Å². The number of ether oxygens (including phenoxy) is 1. The summed E-state index contributed by atoms with van der Waals surface area (Å²) in [4.78, 5) is 0. The number of hydrogen-bond donors (Lipinski definition) is 0. The van der Waals surface area contributed by atoms with Crippen LogP contribution in [0.2, 0.25) is 0 Å². The molecule has 1 heteroatoms. The summed E-state index contributed by atoms with van der Waals surface area (Å²) < 4.78 is 7.01. The Morgan fingerprint density at radius 3 is 1.77 bits per heavy atom. The van der Waals surface area contributed by atoms with E-state index in [0.717, 1.165) is 11.3 Å². The van der Waals surface area contributed by atoms with Crippen LogP contribution in [-0.2, 0) is 15.8 Å². The third-order valence-corrected chi connectivity index (χ3v) is 6.95. The molecule has 1 nitrogen and oxygen atoms in total. The maximum Gasteiger partial charge on any atom is 0.156 e. The largest absolute Gasteiger partial charge is 0.480 e. The Morgan fingerprint density at radius 2 is 1.16 bits per heavy atom. The van der Waals surface area contributed by atoms with E-state index in [1.165, 1.54) is 22.3 Å². The van der Waals surface area contributed by atoms with Crippen LogP contribution in [0.15, 0.2) is 121 Å². The lowest BCUT2D eigenvalue weighted by Crippen LogP contribution is -2.18. The fourth-order valence-corrected chi connectivity index (χ4v) is 5.54. The summed E-state index contributed by atoms with van der Waals surface area (Å²) in [7, 11) is 0. The van der Waals surface area contributed by atoms with Crippen LogP contribution in [0.5, 0.6) is 0 Å². The van der Waals surface area contributed by atoms with Crippen LogP contribution in [0.25, 0.3) is 5.76 Å². The molecule has 0 saturated heterocycles. The van der Waals surface area contributed by atoms with Gasteiger partial charge < -0.3 is 4.74 Å². The van der Waals surface area contributed by atoms with Crippen molar-refractivity contribution in [3.05, 3.63) is 149 Å². The van der Waals surface area contributed by atoms with Crippen LogP contribution in [0, 0.1) is 6.92 Å². The van der Waals surface area contributed by atoms with E-state index in [1.807, 2.05) is 0 Å². The van der Waals surface area contributed by atoms with E-state index in [0.29, 0.717) is 0 Å². The van der Waals surface area contributed by atoms with Crippen LogP contribution >= 0.6 is 0 Å². The summed E-state index contributed by atoms with van der Waals surface area (Å²) in [6.07, 6.45) is 2.38. The topological polar surface area (TPSA) is 9.23 Å². The van der Waals surface area contributed by atoms with Crippen molar-refractivity contribution in [2.75, 3.05) is 0 Å². The van der Waals surface area contributed by atoms with Crippen LogP contribution in [-0.4, -0.2) is 0 Å². The molecule has 0 spiro atoms. The normalized spacial score (nSPS) is 26.0. The third kappa shape index (κ3) is 2.50. The zero-order valence-corrected chi connectivity index (χ0v) is 17.5. The van der Waals surface area contributed by atoms with Gasteiger partial charge in [0.05, 0.1) is 5.41 Å². The van der Waals surface area contributed by atoms with Gasteiger partial charge in [-0.05, 0) is 29.7 Å². The number of aryl methyl sites for hydroxylation is 1. The van der Waals surface area contributed by atoms with E-state index in [1.54, 1.807) is 0 Å². The summed E-state index contributed by atoms with van der Waals surface area (Å²) in [5.74, 6) is 1.19. The van der Waals surface area contributed by atoms with E-state index in [-0.39, 0.29) is 11.3 Å². The predicted molar refractivity (Wildman–Crippen MR) is 126 cm³/mol. The van der Waals surface area contributed by atoms with Gasteiger partial charge >= 0.3 is 0 Å². The number of rotatable bonds is 4. The lowest BCUT2D eigenvalue weighted by atomic mass is 9.87. The summed E-state index contributed by atoms with van der Waals surface area (Å²) in [6.45, 7) is 2.14. The van der Waals surface area contributed by atoms with Gasteiger partial charge in [-0.3, -0.25) is 0 Å². The summed E-state index contributed by atoms with van der Waals surface area (Å²) in [5.41, 5.74) is 5.57. The Labute approximate surface area is 183 Å². The van der Waals surface area contributed by atoms with Crippen molar-refractivity contribution in [3.8, 4) is 0 Å². The van der Waals surface area contributed by atoms with Crippen molar-refractivity contribution >= 4 is 5.76 Å². The number of hydrogen-bond acceptors (Lipinski definition) is 1. The van der Waals surface area contributed by atoms with Gasteiger partial charge in [0.1, 0.15) is 5.76 Å². The molecule has 0 N–H and O–H groups in total. The van der Waals surface area contributed by atoms with Gasteiger partial charge in [-0.2, -0.15) is 0 Å². The SMILES string of the molecule is Cc1ccc(C2C3(c4ccccc4)C=C(c4ccccc4)OC23c2ccccc2)cc1. The van der Waals surface area contributed by atoms with Crippen molar-refractivity contribution in [2.45, 2.75) is 23.9 Å². The van der Waals surface area contributed by atoms with Crippen molar-refractivity contribution in [2.24, 2.45) is 0 Å². The number of fused-ring (bicyclic) bond motifs is 1. The first-order valence-electron chi connectivity index (χ1n) is 10.9. The molecule has 0 radical (unpaired) electrons. The molecule has 3 atom stereocenters. The minimum Gasteiger partial charge on any atom is -0.480 e. The third-order valence-electron chi connectivity index (χ3n) is 6.95. The Balaban J connectivity index is 1.61. The molecule has 31 heavy (non-hydrogen) atoms. The highest BCUT2D eigenvalue weighted by Gasteiger charge is 2.82. The molecular weight excluding hydrogens is 376 g/mol. The van der Waals surface area contributed by atoms with Gasteiger partial charge in [0, 0.05) is 11.5 Å². The molecule has 4 aromatic carbocycles. The first kappa shape index (κ1) is 18.2. The Morgan fingerprint density at radius 1 is 0.613 bits per heavy atom. The zero-order chi connectivity index (χ0) is 20.9. The monoisotopic (exact) mass is 400 g/mol. The minimum absolute atomic E-state index is 0.220. The van der Waals surface area contributed by atoms with Gasteiger partial charge in [0.15, 0.2) is 5.60 Å². The minimum atomic E-state index is -0.448. The highest BCUT2D eigenvalue weighted by Crippen LogP contribution is 2.80. The fraction of sp³-hybridized carbons (Fsp3) is 0.133. The van der Waals surface area contributed by atoms with Crippen molar-refractivity contribution in [1.29, 1.82) is 0 Å². The van der Waals surface area contributed by atoms with Gasteiger partial charge in [0.2, 0.25) is 0 Å². The second-order valence-corrected chi connectivity index (χ2v) is 8.66. The molecule has 1 heterocycles. The van der Waals surface area contributed by atoms with Crippen LogP contribution in [0.4, 0.5) is 0 Å². The Kier molecular flexibility index (Phi) is 3.94. The molecule has 0 aromatic heterocycles. The van der Waals surface area contributed by atoms with Gasteiger partial charge in [0.25, 0.3) is 0 Å². The maximum atomic E-state index is 7.01. The van der Waals surface area contributed by atoms with Crippen molar-refractivity contribution in [3.63, 3.8) is 0 Å². The molecule has 0 bridgehead atoms. The highest BCUT2D eigenvalue weighted by atomic mass is 16.5. The Hall–Kier alpha value is -3.58. The van der Waals surface area contributed by atoms with Crippen molar-refractivity contribution in [1.82, 2.24) is 0 Å². The molecule has 1 saturated carbocycles. The molecule has 4 aromatic rings. The first-order chi connectivity index (χ1) is 15.3. The fourth-order valence-electron chi connectivity index (χ4n) is 5.54. The number of benzene rings is 4. The Bertz CT molecular complexity index is 1240. The maximum absolute atomic E-state index is 7.01. The first-order valence-corrected chi connectivity index (χ1v) is 10.9. The highest BCUT2D eigenvalue weighted by molar-refractivity contribution is 5.75. The molecule has 0 amide bonds. The van der Waals surface area contributed by atoms with Crippen LogP contribution in [0.1, 0.15) is 33.7 Å². The quantitative estimate of drug-likeness (QED) is 0.358. The van der Waals surface area contributed by atoms with Crippen LogP contribution < -0.4 is 0 Å². The van der Waals surface area contributed by atoms with E-state index in [9.17, 15) is 0 Å². The lowest BCUT2D eigenvalue weighted by Gasteiger charge is -2.21. The molecule has 1 fully saturated rings.